The minimum Gasteiger partial charge on any atom is -0.478 e. The Bertz CT molecular complexity index is 266. The lowest BCUT2D eigenvalue weighted by molar-refractivity contribution is -0.131. The van der Waals surface area contributed by atoms with Crippen LogP contribution >= 0.6 is 0 Å². The second-order valence-corrected chi connectivity index (χ2v) is 2.04. The molecule has 0 fully saturated rings. The first-order valence-electron chi connectivity index (χ1n) is 3.31. The fourth-order valence-corrected chi connectivity index (χ4v) is 0.622. The van der Waals surface area contributed by atoms with Gasteiger partial charge in [-0.05, 0) is 0 Å². The second-order valence-electron chi connectivity index (χ2n) is 2.04. The molecule has 1 rings (SSSR count). The number of carboxylic acid groups (broad SMARTS) is 1. The minimum absolute atomic E-state index is 0.459. The monoisotopic (exact) mass is 168 g/mol. The highest BCUT2D eigenvalue weighted by atomic mass is 16.5. The van der Waals surface area contributed by atoms with Crippen LogP contribution in [0.5, 0.6) is 0 Å². The molecule has 1 heterocycles. The average molecular weight is 168 g/mol. The molecule has 0 aromatic carbocycles. The summed E-state index contributed by atoms with van der Waals surface area (Å²) in [6.45, 7) is 0.459. The van der Waals surface area contributed by atoms with E-state index < -0.39 is 5.97 Å². The van der Waals surface area contributed by atoms with Gasteiger partial charge in [-0.3, -0.25) is 0 Å². The molecular weight excluding hydrogens is 160 g/mol. The van der Waals surface area contributed by atoms with Gasteiger partial charge in [0.15, 0.2) is 0 Å². The van der Waals surface area contributed by atoms with Crippen LogP contribution in [0.1, 0.15) is 5.69 Å². The maximum Gasteiger partial charge on any atom is 0.329 e. The van der Waals surface area contributed by atoms with Crippen LogP contribution in [0.15, 0.2) is 29.1 Å². The molecule has 1 aromatic heterocycles. The summed E-state index contributed by atoms with van der Waals surface area (Å²) in [5.74, 6) is -0.984. The zero-order valence-electron chi connectivity index (χ0n) is 6.23. The highest BCUT2D eigenvalue weighted by molar-refractivity contribution is 5.79. The maximum absolute atomic E-state index is 10.00. The SMILES string of the molecule is O=C(O)/C=C/NCc1ccon1. The number of carbonyl (C=O) groups is 1. The van der Waals surface area contributed by atoms with Crippen molar-refractivity contribution in [2.75, 3.05) is 0 Å². The Morgan fingerprint density at radius 3 is 3.25 bits per heavy atom. The van der Waals surface area contributed by atoms with Crippen LogP contribution < -0.4 is 5.32 Å². The summed E-state index contributed by atoms with van der Waals surface area (Å²) in [5.41, 5.74) is 0.727. The molecule has 0 amide bonds. The summed E-state index contributed by atoms with van der Waals surface area (Å²) in [6.07, 6.45) is 3.81. The van der Waals surface area contributed by atoms with Gasteiger partial charge in [-0.15, -0.1) is 0 Å². The molecular formula is C7H8N2O3. The average Bonchev–Trinajstić information content (AvgIpc) is 2.49. The first-order chi connectivity index (χ1) is 5.79. The summed E-state index contributed by atoms with van der Waals surface area (Å²) >= 11 is 0. The van der Waals surface area contributed by atoms with Crippen LogP contribution in [-0.2, 0) is 11.3 Å². The van der Waals surface area contributed by atoms with Crippen molar-refractivity contribution in [2.45, 2.75) is 6.54 Å². The number of rotatable bonds is 4. The van der Waals surface area contributed by atoms with Crippen LogP contribution in [0.2, 0.25) is 0 Å². The van der Waals surface area contributed by atoms with Crippen molar-refractivity contribution >= 4 is 5.97 Å². The maximum atomic E-state index is 10.00. The van der Waals surface area contributed by atoms with Crippen LogP contribution in [0.4, 0.5) is 0 Å². The molecule has 0 bridgehead atoms. The van der Waals surface area contributed by atoms with Gasteiger partial charge in [0.05, 0.1) is 6.54 Å². The zero-order chi connectivity index (χ0) is 8.81. The van der Waals surface area contributed by atoms with Gasteiger partial charge in [-0.2, -0.15) is 0 Å². The normalized spacial score (nSPS) is 10.3. The van der Waals surface area contributed by atoms with Gasteiger partial charge in [0.2, 0.25) is 0 Å². The molecule has 5 nitrogen and oxygen atoms in total. The van der Waals surface area contributed by atoms with Crippen molar-refractivity contribution < 1.29 is 14.4 Å². The van der Waals surface area contributed by atoms with Crippen LogP contribution in [0.25, 0.3) is 0 Å². The molecule has 0 aliphatic rings. The van der Waals surface area contributed by atoms with Gasteiger partial charge in [-0.25, -0.2) is 4.79 Å². The van der Waals surface area contributed by atoms with Gasteiger partial charge in [0, 0.05) is 18.3 Å². The first kappa shape index (κ1) is 8.32. The fraction of sp³-hybridized carbons (Fsp3) is 0.143. The van der Waals surface area contributed by atoms with Crippen LogP contribution in [-0.4, -0.2) is 16.2 Å². The van der Waals surface area contributed by atoms with E-state index in [1.54, 1.807) is 6.07 Å². The number of hydrogen-bond donors (Lipinski definition) is 2. The largest absolute Gasteiger partial charge is 0.478 e. The van der Waals surface area contributed by atoms with E-state index in [1.165, 1.54) is 12.5 Å². The van der Waals surface area contributed by atoms with E-state index >= 15 is 0 Å². The zero-order valence-corrected chi connectivity index (χ0v) is 6.23. The van der Waals surface area contributed by atoms with E-state index in [0.717, 1.165) is 11.8 Å². The molecule has 12 heavy (non-hydrogen) atoms. The van der Waals surface area contributed by atoms with Crippen molar-refractivity contribution in [3.8, 4) is 0 Å². The minimum atomic E-state index is -0.984. The lowest BCUT2D eigenvalue weighted by atomic mass is 10.4. The highest BCUT2D eigenvalue weighted by Crippen LogP contribution is 1.91. The number of hydrogen-bond acceptors (Lipinski definition) is 4. The summed E-state index contributed by atoms with van der Waals surface area (Å²) < 4.78 is 4.56. The molecule has 0 saturated carbocycles. The first-order valence-corrected chi connectivity index (χ1v) is 3.31. The Kier molecular flexibility index (Phi) is 2.89. The Balaban J connectivity index is 2.23. The third kappa shape index (κ3) is 2.87. The number of nitrogens with one attached hydrogen (secondary N) is 1. The van der Waals surface area contributed by atoms with Gasteiger partial charge in [-0.1, -0.05) is 5.16 Å². The van der Waals surface area contributed by atoms with Gasteiger partial charge in [0.1, 0.15) is 12.0 Å². The molecule has 0 radical (unpaired) electrons. The summed E-state index contributed by atoms with van der Waals surface area (Å²) in [4.78, 5) is 10.00. The molecule has 0 saturated heterocycles. The second kappa shape index (κ2) is 4.17. The van der Waals surface area contributed by atoms with Gasteiger partial charge < -0.3 is 14.9 Å². The Labute approximate surface area is 68.7 Å². The Hall–Kier alpha value is -1.78. The summed E-state index contributed by atoms with van der Waals surface area (Å²) in [7, 11) is 0. The number of aromatic nitrogens is 1. The summed E-state index contributed by atoms with van der Waals surface area (Å²) in [5, 5.41) is 14.6. The van der Waals surface area contributed by atoms with Gasteiger partial charge >= 0.3 is 5.97 Å². The molecule has 0 unspecified atom stereocenters. The molecule has 0 atom stereocenters. The predicted octanol–water partition coefficient (Wildman–Crippen LogP) is 0.362. The molecule has 1 aromatic rings. The lowest BCUT2D eigenvalue weighted by Gasteiger charge is -1.92. The van der Waals surface area contributed by atoms with E-state index in [-0.39, 0.29) is 0 Å². The van der Waals surface area contributed by atoms with Crippen molar-refractivity contribution in [2.24, 2.45) is 0 Å². The third-order valence-corrected chi connectivity index (χ3v) is 1.12. The van der Waals surface area contributed by atoms with E-state index in [1.807, 2.05) is 0 Å². The van der Waals surface area contributed by atoms with E-state index in [2.05, 4.69) is 15.0 Å². The van der Waals surface area contributed by atoms with Crippen LogP contribution in [0.3, 0.4) is 0 Å². The number of aliphatic carboxylic acids is 1. The molecule has 0 aliphatic carbocycles. The van der Waals surface area contributed by atoms with Crippen molar-refractivity contribution in [3.63, 3.8) is 0 Å². The standard InChI is InChI=1S/C7H8N2O3/c10-7(11)1-3-8-5-6-2-4-12-9-6/h1-4,8H,5H2,(H,10,11)/b3-1+. The quantitative estimate of drug-likeness (QED) is 0.635. The van der Waals surface area contributed by atoms with Gasteiger partial charge in [0.25, 0.3) is 0 Å². The van der Waals surface area contributed by atoms with Crippen molar-refractivity contribution in [1.29, 1.82) is 0 Å². The predicted molar refractivity (Wildman–Crippen MR) is 40.1 cm³/mol. The lowest BCUT2D eigenvalue weighted by Crippen LogP contribution is -2.05. The molecule has 2 N–H and O–H groups in total. The summed E-state index contributed by atoms with van der Waals surface area (Å²) in [6, 6.07) is 1.70. The Morgan fingerprint density at radius 1 is 1.83 bits per heavy atom. The number of nitrogens with zero attached hydrogens (tertiary/aromatic N) is 1. The van der Waals surface area contributed by atoms with Crippen molar-refractivity contribution in [1.82, 2.24) is 10.5 Å². The van der Waals surface area contributed by atoms with E-state index in [9.17, 15) is 4.79 Å². The topological polar surface area (TPSA) is 75.4 Å². The van der Waals surface area contributed by atoms with E-state index in [0.29, 0.717) is 6.54 Å². The molecule has 0 spiro atoms. The molecule has 64 valence electrons. The van der Waals surface area contributed by atoms with Crippen molar-refractivity contribution in [3.05, 3.63) is 30.3 Å². The highest BCUT2D eigenvalue weighted by Gasteiger charge is 1.92. The smallest absolute Gasteiger partial charge is 0.329 e. The van der Waals surface area contributed by atoms with E-state index in [4.69, 9.17) is 5.11 Å². The third-order valence-electron chi connectivity index (χ3n) is 1.12. The van der Waals surface area contributed by atoms with Crippen LogP contribution in [0, 0.1) is 0 Å². The fourth-order valence-electron chi connectivity index (χ4n) is 0.622. The molecule has 5 heteroatoms. The molecule has 0 aliphatic heterocycles. The number of carboxylic acids is 1. The Morgan fingerprint density at radius 2 is 2.67 bits per heavy atom.